The van der Waals surface area contributed by atoms with Crippen LogP contribution in [-0.2, 0) is 11.7 Å². The van der Waals surface area contributed by atoms with Gasteiger partial charge in [0.05, 0.1) is 16.8 Å². The van der Waals surface area contributed by atoms with Crippen LogP contribution >= 0.6 is 11.6 Å². The lowest BCUT2D eigenvalue weighted by Gasteiger charge is -2.22. The molecule has 140 valence electrons. The highest BCUT2D eigenvalue weighted by Crippen LogP contribution is 2.36. The fraction of sp³-hybridized carbons (Fsp3) is 0.471. The second-order valence-electron chi connectivity index (χ2n) is 7.30. The van der Waals surface area contributed by atoms with Gasteiger partial charge in [-0.3, -0.25) is 4.68 Å². The van der Waals surface area contributed by atoms with Gasteiger partial charge in [-0.2, -0.15) is 18.3 Å². The molecule has 0 aliphatic heterocycles. The summed E-state index contributed by atoms with van der Waals surface area (Å²) in [7, 11) is 0. The normalized spacial score (nSPS) is 17.8. The second-order valence-corrected chi connectivity index (χ2v) is 7.78. The summed E-state index contributed by atoms with van der Waals surface area (Å²) in [5, 5.41) is 4.16. The molecule has 9 heteroatoms. The first kappa shape index (κ1) is 18.7. The van der Waals surface area contributed by atoms with Gasteiger partial charge >= 0.3 is 11.8 Å². The molecule has 1 atom stereocenters. The number of halogens is 4. The van der Waals surface area contributed by atoms with E-state index in [4.69, 9.17) is 16.0 Å². The van der Waals surface area contributed by atoms with Crippen molar-refractivity contribution in [2.75, 3.05) is 0 Å². The molecule has 2 aromatic rings. The van der Waals surface area contributed by atoms with Crippen molar-refractivity contribution in [3.8, 4) is 11.6 Å². The predicted molar refractivity (Wildman–Crippen MR) is 90.9 cm³/mol. The van der Waals surface area contributed by atoms with E-state index < -0.39 is 23.0 Å². The number of alkyl halides is 3. The van der Waals surface area contributed by atoms with Gasteiger partial charge in [-0.05, 0) is 33.3 Å². The SMILES string of the molecule is CC1CC(Cl)=Cc2c1nc(-c1cc(C(F)(F)F)nn1C(C)(C)C)oc2=O. The zero-order chi connectivity index (χ0) is 19.4. The summed E-state index contributed by atoms with van der Waals surface area (Å²) in [6.07, 6.45) is -2.64. The van der Waals surface area contributed by atoms with E-state index in [1.54, 1.807) is 20.8 Å². The van der Waals surface area contributed by atoms with Gasteiger partial charge in [0.15, 0.2) is 5.69 Å². The minimum absolute atomic E-state index is 0.00225. The highest BCUT2D eigenvalue weighted by atomic mass is 35.5. The van der Waals surface area contributed by atoms with Crippen molar-refractivity contribution in [1.82, 2.24) is 14.8 Å². The quantitative estimate of drug-likeness (QED) is 0.707. The van der Waals surface area contributed by atoms with Gasteiger partial charge in [0.1, 0.15) is 5.69 Å². The lowest BCUT2D eigenvalue weighted by molar-refractivity contribution is -0.141. The Kier molecular flexibility index (Phi) is 4.29. The molecule has 3 rings (SSSR count). The molecule has 1 aliphatic carbocycles. The molecule has 26 heavy (non-hydrogen) atoms. The molecule has 0 N–H and O–H groups in total. The topological polar surface area (TPSA) is 60.9 Å². The summed E-state index contributed by atoms with van der Waals surface area (Å²) < 4.78 is 45.8. The molecule has 2 aromatic heterocycles. The van der Waals surface area contributed by atoms with Crippen molar-refractivity contribution in [2.24, 2.45) is 0 Å². The molecular formula is C17H17ClF3N3O2. The van der Waals surface area contributed by atoms with Crippen LogP contribution in [0.2, 0.25) is 0 Å². The van der Waals surface area contributed by atoms with E-state index in [1.165, 1.54) is 10.8 Å². The summed E-state index contributed by atoms with van der Waals surface area (Å²) >= 11 is 6.02. The average molecular weight is 388 g/mol. The number of aromatic nitrogens is 3. The fourth-order valence-electron chi connectivity index (χ4n) is 2.85. The highest BCUT2D eigenvalue weighted by Gasteiger charge is 2.37. The zero-order valence-corrected chi connectivity index (χ0v) is 15.4. The minimum atomic E-state index is -4.62. The molecule has 0 spiro atoms. The smallest absolute Gasteiger partial charge is 0.401 e. The number of fused-ring (bicyclic) bond motifs is 1. The van der Waals surface area contributed by atoms with Crippen LogP contribution in [0, 0.1) is 0 Å². The van der Waals surface area contributed by atoms with Crippen LogP contribution in [0.5, 0.6) is 0 Å². The first-order chi connectivity index (χ1) is 11.9. The van der Waals surface area contributed by atoms with Crippen LogP contribution in [0.1, 0.15) is 57.0 Å². The molecule has 0 bridgehead atoms. The van der Waals surface area contributed by atoms with Crippen LogP contribution in [0.4, 0.5) is 13.2 Å². The Morgan fingerprint density at radius 2 is 1.96 bits per heavy atom. The maximum absolute atomic E-state index is 13.1. The van der Waals surface area contributed by atoms with E-state index >= 15 is 0 Å². The van der Waals surface area contributed by atoms with E-state index in [0.29, 0.717) is 17.1 Å². The Labute approximate surface area is 152 Å². The average Bonchev–Trinajstić information content (AvgIpc) is 2.93. The number of hydrogen-bond acceptors (Lipinski definition) is 4. The Morgan fingerprint density at radius 3 is 2.54 bits per heavy atom. The summed E-state index contributed by atoms with van der Waals surface area (Å²) in [4.78, 5) is 16.7. The third-order valence-corrected chi connectivity index (χ3v) is 4.29. The predicted octanol–water partition coefficient (Wildman–Crippen LogP) is 4.76. The molecule has 0 fully saturated rings. The number of nitrogens with zero attached hydrogens (tertiary/aromatic N) is 3. The highest BCUT2D eigenvalue weighted by molar-refractivity contribution is 6.31. The molecule has 1 aliphatic rings. The van der Waals surface area contributed by atoms with E-state index in [9.17, 15) is 18.0 Å². The molecule has 0 aromatic carbocycles. The Balaban J connectivity index is 2.25. The van der Waals surface area contributed by atoms with Crippen LogP contribution in [0.25, 0.3) is 17.7 Å². The minimum Gasteiger partial charge on any atom is -0.401 e. The standard InChI is InChI=1S/C17H17ClF3N3O2/c1-8-5-9(18)6-10-13(8)22-14(26-15(10)25)11-7-12(17(19,20)21)23-24(11)16(2,3)4/h6-8H,5H2,1-4H3. The summed E-state index contributed by atoms with van der Waals surface area (Å²) in [5.74, 6) is -0.344. The van der Waals surface area contributed by atoms with Crippen molar-refractivity contribution in [2.45, 2.75) is 51.7 Å². The lowest BCUT2D eigenvalue weighted by atomic mass is 9.94. The Morgan fingerprint density at radius 1 is 1.31 bits per heavy atom. The number of rotatable bonds is 1. The fourth-order valence-corrected chi connectivity index (χ4v) is 3.19. The number of hydrogen-bond donors (Lipinski definition) is 0. The molecule has 2 heterocycles. The molecule has 0 saturated carbocycles. The third kappa shape index (κ3) is 3.30. The first-order valence-corrected chi connectivity index (χ1v) is 8.35. The largest absolute Gasteiger partial charge is 0.435 e. The Hall–Kier alpha value is -2.09. The van der Waals surface area contributed by atoms with E-state index in [-0.39, 0.29) is 23.1 Å². The van der Waals surface area contributed by atoms with Crippen molar-refractivity contribution in [3.63, 3.8) is 0 Å². The molecule has 1 unspecified atom stereocenters. The Bertz CT molecular complexity index is 952. The first-order valence-electron chi connectivity index (χ1n) is 7.97. The van der Waals surface area contributed by atoms with Crippen molar-refractivity contribution >= 4 is 17.7 Å². The second kappa shape index (κ2) is 5.97. The van der Waals surface area contributed by atoms with Gasteiger partial charge in [-0.15, -0.1) is 0 Å². The summed E-state index contributed by atoms with van der Waals surface area (Å²) in [6, 6.07) is 0.846. The van der Waals surface area contributed by atoms with Gasteiger partial charge in [0, 0.05) is 17.0 Å². The summed E-state index contributed by atoms with van der Waals surface area (Å²) in [6.45, 7) is 6.94. The maximum atomic E-state index is 13.1. The van der Waals surface area contributed by atoms with Gasteiger partial charge in [-0.25, -0.2) is 9.78 Å². The van der Waals surface area contributed by atoms with E-state index in [0.717, 1.165) is 6.07 Å². The van der Waals surface area contributed by atoms with Gasteiger partial charge in [-0.1, -0.05) is 18.5 Å². The molecule has 5 nitrogen and oxygen atoms in total. The zero-order valence-electron chi connectivity index (χ0n) is 14.6. The van der Waals surface area contributed by atoms with Gasteiger partial charge < -0.3 is 4.42 Å². The molecule has 0 saturated heterocycles. The van der Waals surface area contributed by atoms with Crippen molar-refractivity contribution in [3.05, 3.63) is 38.5 Å². The molecular weight excluding hydrogens is 371 g/mol. The van der Waals surface area contributed by atoms with Gasteiger partial charge in [0.25, 0.3) is 0 Å². The van der Waals surface area contributed by atoms with Gasteiger partial charge in [0.2, 0.25) is 5.89 Å². The molecule has 0 amide bonds. The van der Waals surface area contributed by atoms with E-state index in [2.05, 4.69) is 10.1 Å². The van der Waals surface area contributed by atoms with Crippen LogP contribution < -0.4 is 5.63 Å². The summed E-state index contributed by atoms with van der Waals surface area (Å²) in [5.41, 5.74) is -1.85. The van der Waals surface area contributed by atoms with Crippen molar-refractivity contribution < 1.29 is 17.6 Å². The van der Waals surface area contributed by atoms with Crippen LogP contribution in [0.15, 0.2) is 20.3 Å². The van der Waals surface area contributed by atoms with Crippen LogP contribution in [0.3, 0.4) is 0 Å². The molecule has 0 radical (unpaired) electrons. The lowest BCUT2D eigenvalue weighted by Crippen LogP contribution is -2.25. The monoisotopic (exact) mass is 387 g/mol. The maximum Gasteiger partial charge on any atom is 0.435 e. The van der Waals surface area contributed by atoms with Crippen LogP contribution in [-0.4, -0.2) is 14.8 Å². The third-order valence-electron chi connectivity index (χ3n) is 4.03. The number of allylic oxidation sites excluding steroid dienone is 1. The van der Waals surface area contributed by atoms with E-state index in [1.807, 2.05) is 6.92 Å². The van der Waals surface area contributed by atoms with Crippen molar-refractivity contribution in [1.29, 1.82) is 0 Å².